The van der Waals surface area contributed by atoms with Crippen molar-refractivity contribution < 1.29 is 37.7 Å². The van der Waals surface area contributed by atoms with E-state index in [-0.39, 0.29) is 6.10 Å². The van der Waals surface area contributed by atoms with Crippen molar-refractivity contribution in [3.05, 3.63) is 83.4 Å². The van der Waals surface area contributed by atoms with Gasteiger partial charge in [-0.3, -0.25) is 0 Å². The third kappa shape index (κ3) is 7.40. The zero-order chi connectivity index (χ0) is 25.6. The van der Waals surface area contributed by atoms with Crippen molar-refractivity contribution in [1.82, 2.24) is 4.90 Å². The van der Waals surface area contributed by atoms with Gasteiger partial charge in [0.2, 0.25) is 0 Å². The van der Waals surface area contributed by atoms with Gasteiger partial charge in [0, 0.05) is 24.2 Å². The van der Waals surface area contributed by atoms with Gasteiger partial charge in [-0.2, -0.15) is 13.2 Å². The zero-order valence-corrected chi connectivity index (χ0v) is 19.2. The number of rotatable bonds is 6. The van der Waals surface area contributed by atoms with E-state index >= 15 is 0 Å². The van der Waals surface area contributed by atoms with Crippen LogP contribution in [0.15, 0.2) is 66.7 Å². The van der Waals surface area contributed by atoms with Crippen molar-refractivity contribution in [3.8, 4) is 0 Å². The van der Waals surface area contributed by atoms with Gasteiger partial charge < -0.3 is 19.8 Å². The van der Waals surface area contributed by atoms with Crippen molar-refractivity contribution in [3.63, 3.8) is 0 Å². The molecule has 0 amide bonds. The number of hydrogen-bond acceptors (Lipinski definition) is 4. The highest BCUT2D eigenvalue weighted by Crippen LogP contribution is 2.39. The summed E-state index contributed by atoms with van der Waals surface area (Å²) in [6.45, 7) is 0. The number of carbonyl (C=O) groups is 2. The largest absolute Gasteiger partial charge is 0.478 e. The van der Waals surface area contributed by atoms with Crippen LogP contribution in [0.1, 0.15) is 48.5 Å². The maximum Gasteiger partial charge on any atom is 0.416 e. The summed E-state index contributed by atoms with van der Waals surface area (Å²) in [7, 11) is 2.17. The lowest BCUT2D eigenvalue weighted by molar-refractivity contribution is -0.137. The summed E-state index contributed by atoms with van der Waals surface area (Å²) < 4.78 is 46.1. The molecule has 9 heteroatoms. The van der Waals surface area contributed by atoms with Gasteiger partial charge in [0.1, 0.15) is 6.10 Å². The van der Waals surface area contributed by atoms with Crippen molar-refractivity contribution >= 4 is 11.9 Å². The molecule has 3 unspecified atom stereocenters. The normalized spacial score (nSPS) is 22.9. The Labute approximate surface area is 201 Å². The number of benzene rings is 2. The number of halogens is 3. The second-order valence-corrected chi connectivity index (χ2v) is 8.70. The van der Waals surface area contributed by atoms with Crippen LogP contribution in [0.3, 0.4) is 0 Å². The van der Waals surface area contributed by atoms with Crippen LogP contribution in [0.5, 0.6) is 0 Å². The molecule has 4 rings (SSSR count). The molecule has 3 atom stereocenters. The molecule has 2 N–H and O–H groups in total. The number of piperidine rings is 1. The molecule has 2 aromatic carbocycles. The lowest BCUT2D eigenvalue weighted by Gasteiger charge is -2.38. The van der Waals surface area contributed by atoms with E-state index in [0.717, 1.165) is 24.5 Å². The highest BCUT2D eigenvalue weighted by Gasteiger charge is 2.40. The van der Waals surface area contributed by atoms with Crippen LogP contribution in [0, 0.1) is 0 Å². The van der Waals surface area contributed by atoms with E-state index in [9.17, 15) is 22.8 Å². The average molecular weight is 492 g/mol. The molecule has 2 heterocycles. The van der Waals surface area contributed by atoms with Crippen LogP contribution in [0.25, 0.3) is 0 Å². The van der Waals surface area contributed by atoms with E-state index in [4.69, 9.17) is 14.9 Å². The van der Waals surface area contributed by atoms with Crippen LogP contribution < -0.4 is 0 Å². The number of nitrogens with zero attached hydrogens (tertiary/aromatic N) is 1. The molecule has 35 heavy (non-hydrogen) atoms. The smallest absolute Gasteiger partial charge is 0.416 e. The van der Waals surface area contributed by atoms with Gasteiger partial charge in [0.15, 0.2) is 0 Å². The summed E-state index contributed by atoms with van der Waals surface area (Å²) in [6.07, 6.45) is 0.583. The Bertz CT molecular complexity index is 1010. The standard InChI is InChI=1S/C22H24F3NO.C4H4O4/c1-26-18-10-11-19(26)14-20(13-18)27-21(15-6-3-2-4-7-15)16-8-5-9-17(12-16)22(23,24)25;5-3(6)1-2-4(7)8/h2-9,12,18-21H,10-11,13-14H2,1H3;1-2H,(H,5,6)(H,7,8)/b;2-1+. The minimum absolute atomic E-state index is 0.0680. The second-order valence-electron chi connectivity index (χ2n) is 8.70. The molecule has 0 aliphatic carbocycles. The molecule has 2 bridgehead atoms. The van der Waals surface area contributed by atoms with Crippen molar-refractivity contribution in [2.45, 2.75) is 56.2 Å². The second kappa shape index (κ2) is 11.5. The van der Waals surface area contributed by atoms with Gasteiger partial charge in [-0.05, 0) is 56.0 Å². The average Bonchev–Trinajstić information content (AvgIpc) is 3.02. The zero-order valence-electron chi connectivity index (χ0n) is 19.2. The first-order chi connectivity index (χ1) is 16.5. The molecule has 2 aliphatic rings. The highest BCUT2D eigenvalue weighted by molar-refractivity contribution is 5.89. The van der Waals surface area contributed by atoms with Crippen molar-refractivity contribution in [2.75, 3.05) is 7.05 Å². The Kier molecular flexibility index (Phi) is 8.69. The molecule has 0 spiro atoms. The topological polar surface area (TPSA) is 87.1 Å². The summed E-state index contributed by atoms with van der Waals surface area (Å²) in [5, 5.41) is 15.6. The molecule has 0 radical (unpaired) electrons. The fourth-order valence-electron chi connectivity index (χ4n) is 4.66. The Morgan fingerprint density at radius 1 is 0.943 bits per heavy atom. The van der Waals surface area contributed by atoms with E-state index in [1.807, 2.05) is 30.3 Å². The summed E-state index contributed by atoms with van der Waals surface area (Å²) in [5.74, 6) is -2.51. The molecule has 2 aromatic rings. The molecule has 2 aliphatic heterocycles. The Morgan fingerprint density at radius 2 is 1.49 bits per heavy atom. The lowest BCUT2D eigenvalue weighted by atomic mass is 9.96. The van der Waals surface area contributed by atoms with Crippen LogP contribution in [0.4, 0.5) is 13.2 Å². The number of hydrogen-bond donors (Lipinski definition) is 2. The Morgan fingerprint density at radius 3 is 2.00 bits per heavy atom. The quantitative estimate of drug-likeness (QED) is 0.544. The molecule has 0 aromatic heterocycles. The van der Waals surface area contributed by atoms with Crippen LogP contribution in [-0.4, -0.2) is 52.3 Å². The van der Waals surface area contributed by atoms with Crippen molar-refractivity contribution in [1.29, 1.82) is 0 Å². The summed E-state index contributed by atoms with van der Waals surface area (Å²) in [6, 6.07) is 16.1. The van der Waals surface area contributed by atoms with Crippen LogP contribution in [0.2, 0.25) is 0 Å². The monoisotopic (exact) mass is 491 g/mol. The van der Waals surface area contributed by atoms with E-state index in [1.165, 1.54) is 25.0 Å². The lowest BCUT2D eigenvalue weighted by Crippen LogP contribution is -2.43. The number of ether oxygens (including phenoxy) is 1. The van der Waals surface area contributed by atoms with Gasteiger partial charge in [0.05, 0.1) is 11.7 Å². The van der Waals surface area contributed by atoms with E-state index in [2.05, 4.69) is 11.9 Å². The number of aliphatic carboxylic acids is 2. The summed E-state index contributed by atoms with van der Waals surface area (Å²) in [5.41, 5.74) is 0.818. The fourth-order valence-corrected chi connectivity index (χ4v) is 4.66. The molecule has 2 fully saturated rings. The van der Waals surface area contributed by atoms with Crippen LogP contribution in [-0.2, 0) is 20.5 Å². The number of fused-ring (bicyclic) bond motifs is 2. The predicted molar refractivity (Wildman–Crippen MR) is 123 cm³/mol. The first-order valence-electron chi connectivity index (χ1n) is 11.3. The van der Waals surface area contributed by atoms with Crippen molar-refractivity contribution in [2.24, 2.45) is 0 Å². The molecule has 188 valence electrons. The van der Waals surface area contributed by atoms with E-state index in [1.54, 1.807) is 6.07 Å². The van der Waals surface area contributed by atoms with Gasteiger partial charge in [-0.15, -0.1) is 0 Å². The van der Waals surface area contributed by atoms with E-state index < -0.39 is 29.8 Å². The van der Waals surface area contributed by atoms with Gasteiger partial charge in [0.25, 0.3) is 0 Å². The Balaban J connectivity index is 0.000000371. The SMILES string of the molecule is CN1C2CCC1CC(OC(c1ccccc1)c1cccc(C(F)(F)F)c1)C2.O=C(O)/C=C/C(=O)O. The highest BCUT2D eigenvalue weighted by atomic mass is 19.4. The Hall–Kier alpha value is -3.17. The maximum atomic E-state index is 13.2. The fraction of sp³-hybridized carbons (Fsp3) is 0.385. The van der Waals surface area contributed by atoms with Gasteiger partial charge in [-0.25, -0.2) is 9.59 Å². The minimum Gasteiger partial charge on any atom is -0.478 e. The minimum atomic E-state index is -4.36. The maximum absolute atomic E-state index is 13.2. The molecule has 2 saturated heterocycles. The van der Waals surface area contributed by atoms with Gasteiger partial charge >= 0.3 is 18.1 Å². The molecular weight excluding hydrogens is 463 g/mol. The third-order valence-electron chi connectivity index (χ3n) is 6.37. The first-order valence-corrected chi connectivity index (χ1v) is 11.3. The van der Waals surface area contributed by atoms with E-state index in [0.29, 0.717) is 29.8 Å². The summed E-state index contributed by atoms with van der Waals surface area (Å²) >= 11 is 0. The molecular formula is C26H28F3NO5. The summed E-state index contributed by atoms with van der Waals surface area (Å²) in [4.78, 5) is 21.5. The third-order valence-corrected chi connectivity index (χ3v) is 6.37. The molecule has 0 saturated carbocycles. The predicted octanol–water partition coefficient (Wildman–Crippen LogP) is 5.15. The molecule has 6 nitrogen and oxygen atoms in total. The first kappa shape index (κ1) is 26.4. The van der Waals surface area contributed by atoms with Gasteiger partial charge in [-0.1, -0.05) is 42.5 Å². The van der Waals surface area contributed by atoms with Crippen LogP contribution >= 0.6 is 0 Å². The number of carboxylic acids is 2. The number of alkyl halides is 3. The number of carboxylic acid groups (broad SMARTS) is 2.